The summed E-state index contributed by atoms with van der Waals surface area (Å²) in [6.45, 7) is 4.78. The van der Waals surface area contributed by atoms with E-state index in [9.17, 15) is 9.59 Å². The van der Waals surface area contributed by atoms with Crippen molar-refractivity contribution in [2.45, 2.75) is 33.1 Å². The van der Waals surface area contributed by atoms with Gasteiger partial charge in [0.2, 0.25) is 5.89 Å². The van der Waals surface area contributed by atoms with Crippen LogP contribution in [-0.2, 0) is 11.2 Å². The van der Waals surface area contributed by atoms with Crippen LogP contribution in [0.15, 0.2) is 10.9 Å². The Morgan fingerprint density at radius 3 is 2.71 bits per heavy atom. The lowest BCUT2D eigenvalue weighted by atomic mass is 9.94. The van der Waals surface area contributed by atoms with E-state index in [4.69, 9.17) is 9.63 Å². The third-order valence-electron chi connectivity index (χ3n) is 2.85. The summed E-state index contributed by atoms with van der Waals surface area (Å²) in [7, 11) is 0. The molecular formula is C13H22N4O4. The van der Waals surface area contributed by atoms with Gasteiger partial charge in [0.25, 0.3) is 0 Å². The molecule has 0 radical (unpaired) electrons. The highest BCUT2D eigenvalue weighted by Crippen LogP contribution is 2.14. The van der Waals surface area contributed by atoms with Crippen LogP contribution < -0.4 is 10.6 Å². The van der Waals surface area contributed by atoms with Crippen molar-refractivity contribution in [1.82, 2.24) is 20.8 Å². The molecule has 1 aromatic heterocycles. The summed E-state index contributed by atoms with van der Waals surface area (Å²) in [5.74, 6) is -0.0703. The smallest absolute Gasteiger partial charge is 0.314 e. The second kappa shape index (κ2) is 8.93. The Morgan fingerprint density at radius 2 is 2.14 bits per heavy atom. The Bertz CT molecular complexity index is 433. The minimum absolute atomic E-state index is 0.0560. The molecule has 0 aliphatic heterocycles. The first kappa shape index (κ1) is 16.9. The Hall–Kier alpha value is -2.12. The largest absolute Gasteiger partial charge is 0.481 e. The SMILES string of the molecule is CC(C)CC(CNC(=O)NCCc1ncno1)CC(=O)O. The number of carbonyl (C=O) groups excluding carboxylic acids is 1. The minimum atomic E-state index is -0.848. The highest BCUT2D eigenvalue weighted by Gasteiger charge is 2.16. The van der Waals surface area contributed by atoms with Crippen LogP contribution in [0.4, 0.5) is 4.79 Å². The molecule has 0 aliphatic carbocycles. The van der Waals surface area contributed by atoms with E-state index in [0.717, 1.165) is 6.42 Å². The first-order chi connectivity index (χ1) is 9.97. The maximum Gasteiger partial charge on any atom is 0.314 e. The van der Waals surface area contributed by atoms with E-state index in [1.165, 1.54) is 6.33 Å². The quantitative estimate of drug-likeness (QED) is 0.627. The number of nitrogens with zero attached hydrogens (tertiary/aromatic N) is 2. The zero-order valence-corrected chi connectivity index (χ0v) is 12.3. The van der Waals surface area contributed by atoms with E-state index in [0.29, 0.717) is 31.3 Å². The summed E-state index contributed by atoms with van der Waals surface area (Å²) in [6.07, 6.45) is 2.57. The van der Waals surface area contributed by atoms with Crippen molar-refractivity contribution < 1.29 is 19.2 Å². The summed E-state index contributed by atoms with van der Waals surface area (Å²) < 4.78 is 4.80. The Kier molecular flexibility index (Phi) is 7.20. The molecule has 8 nitrogen and oxygen atoms in total. The molecule has 1 rings (SSSR count). The Balaban J connectivity index is 2.23. The van der Waals surface area contributed by atoms with Gasteiger partial charge in [-0.3, -0.25) is 4.79 Å². The van der Waals surface area contributed by atoms with Crippen molar-refractivity contribution in [3.63, 3.8) is 0 Å². The molecule has 3 N–H and O–H groups in total. The van der Waals surface area contributed by atoms with E-state index < -0.39 is 5.97 Å². The van der Waals surface area contributed by atoms with Crippen molar-refractivity contribution >= 4 is 12.0 Å². The topological polar surface area (TPSA) is 117 Å². The number of aromatic nitrogens is 2. The standard InChI is InChI=1S/C13H22N4O4/c1-9(2)5-10(6-12(18)19)7-15-13(20)14-4-3-11-16-8-17-21-11/h8-10H,3-7H2,1-2H3,(H,18,19)(H2,14,15,20). The van der Waals surface area contributed by atoms with Crippen molar-refractivity contribution in [3.8, 4) is 0 Å². The predicted octanol–water partition coefficient (Wildman–Crippen LogP) is 1.05. The van der Waals surface area contributed by atoms with Gasteiger partial charge in [-0.05, 0) is 18.3 Å². The third-order valence-corrected chi connectivity index (χ3v) is 2.85. The van der Waals surface area contributed by atoms with Crippen LogP contribution in [0.3, 0.4) is 0 Å². The molecule has 2 amide bonds. The second-order valence-electron chi connectivity index (χ2n) is 5.32. The number of carbonyl (C=O) groups is 2. The first-order valence-electron chi connectivity index (χ1n) is 6.96. The Labute approximate surface area is 123 Å². The molecule has 0 aliphatic rings. The number of rotatable bonds is 9. The van der Waals surface area contributed by atoms with Crippen LogP contribution in [0, 0.1) is 11.8 Å². The first-order valence-corrected chi connectivity index (χ1v) is 6.96. The maximum absolute atomic E-state index is 11.6. The van der Waals surface area contributed by atoms with Crippen molar-refractivity contribution in [1.29, 1.82) is 0 Å². The molecule has 1 heterocycles. The maximum atomic E-state index is 11.6. The van der Waals surface area contributed by atoms with E-state index >= 15 is 0 Å². The summed E-state index contributed by atoms with van der Waals surface area (Å²) in [5, 5.41) is 17.7. The van der Waals surface area contributed by atoms with E-state index in [-0.39, 0.29) is 18.4 Å². The van der Waals surface area contributed by atoms with Crippen LogP contribution in [-0.4, -0.2) is 40.3 Å². The number of aliphatic carboxylic acids is 1. The van der Waals surface area contributed by atoms with Gasteiger partial charge in [0, 0.05) is 25.9 Å². The van der Waals surface area contributed by atoms with Crippen LogP contribution in [0.5, 0.6) is 0 Å². The van der Waals surface area contributed by atoms with Crippen molar-refractivity contribution in [2.24, 2.45) is 11.8 Å². The average molecular weight is 298 g/mol. The zero-order chi connectivity index (χ0) is 15.7. The molecule has 8 heteroatoms. The fourth-order valence-electron chi connectivity index (χ4n) is 2.04. The van der Waals surface area contributed by atoms with E-state index in [2.05, 4.69) is 20.8 Å². The number of carboxylic acid groups (broad SMARTS) is 1. The van der Waals surface area contributed by atoms with Gasteiger partial charge in [0.15, 0.2) is 6.33 Å². The number of amides is 2. The molecular weight excluding hydrogens is 276 g/mol. The van der Waals surface area contributed by atoms with Gasteiger partial charge in [-0.2, -0.15) is 4.98 Å². The second-order valence-corrected chi connectivity index (χ2v) is 5.32. The van der Waals surface area contributed by atoms with E-state index in [1.54, 1.807) is 0 Å². The van der Waals surface area contributed by atoms with Gasteiger partial charge >= 0.3 is 12.0 Å². The number of carboxylic acids is 1. The molecule has 0 aromatic carbocycles. The molecule has 1 aromatic rings. The third kappa shape index (κ3) is 7.91. The van der Waals surface area contributed by atoms with Crippen molar-refractivity contribution in [3.05, 3.63) is 12.2 Å². The lowest BCUT2D eigenvalue weighted by molar-refractivity contribution is -0.138. The number of nitrogens with one attached hydrogen (secondary N) is 2. The minimum Gasteiger partial charge on any atom is -0.481 e. The molecule has 118 valence electrons. The molecule has 1 atom stereocenters. The highest BCUT2D eigenvalue weighted by atomic mass is 16.5. The van der Waals surface area contributed by atoms with Crippen LogP contribution >= 0.6 is 0 Å². The predicted molar refractivity (Wildman–Crippen MR) is 74.6 cm³/mol. The number of urea groups is 1. The lowest BCUT2D eigenvalue weighted by Crippen LogP contribution is -2.39. The molecule has 0 saturated carbocycles. The molecule has 0 spiro atoms. The van der Waals surface area contributed by atoms with Gasteiger partial charge in [-0.25, -0.2) is 4.79 Å². The normalized spacial score (nSPS) is 12.1. The molecule has 0 bridgehead atoms. The highest BCUT2D eigenvalue weighted by molar-refractivity contribution is 5.74. The molecule has 1 unspecified atom stereocenters. The van der Waals surface area contributed by atoms with Gasteiger partial charge in [0.1, 0.15) is 0 Å². The summed E-state index contributed by atoms with van der Waals surface area (Å²) in [4.78, 5) is 26.2. The van der Waals surface area contributed by atoms with Gasteiger partial charge in [-0.1, -0.05) is 19.0 Å². The van der Waals surface area contributed by atoms with Crippen LogP contribution in [0.1, 0.15) is 32.6 Å². The summed E-state index contributed by atoms with van der Waals surface area (Å²) in [6, 6.07) is -0.325. The molecule has 0 fully saturated rings. The Morgan fingerprint density at radius 1 is 1.38 bits per heavy atom. The fourth-order valence-corrected chi connectivity index (χ4v) is 2.04. The van der Waals surface area contributed by atoms with Gasteiger partial charge in [0.05, 0.1) is 0 Å². The van der Waals surface area contributed by atoms with Gasteiger partial charge < -0.3 is 20.3 Å². The number of hydrogen-bond acceptors (Lipinski definition) is 5. The molecule has 21 heavy (non-hydrogen) atoms. The van der Waals surface area contributed by atoms with Crippen molar-refractivity contribution in [2.75, 3.05) is 13.1 Å². The molecule has 0 saturated heterocycles. The summed E-state index contributed by atoms with van der Waals surface area (Å²) >= 11 is 0. The van der Waals surface area contributed by atoms with E-state index in [1.807, 2.05) is 13.8 Å². The monoisotopic (exact) mass is 298 g/mol. The average Bonchev–Trinajstić information content (AvgIpc) is 2.88. The van der Waals surface area contributed by atoms with Crippen LogP contribution in [0.2, 0.25) is 0 Å². The summed E-state index contributed by atoms with van der Waals surface area (Å²) in [5.41, 5.74) is 0. The zero-order valence-electron chi connectivity index (χ0n) is 12.3. The lowest BCUT2D eigenvalue weighted by Gasteiger charge is -2.17. The van der Waals surface area contributed by atoms with Gasteiger partial charge in [-0.15, -0.1) is 0 Å². The number of hydrogen-bond donors (Lipinski definition) is 3. The van der Waals surface area contributed by atoms with Crippen LogP contribution in [0.25, 0.3) is 0 Å². The fraction of sp³-hybridized carbons (Fsp3) is 0.692.